The van der Waals surface area contributed by atoms with Crippen molar-refractivity contribution >= 4 is 17.7 Å². The van der Waals surface area contributed by atoms with Crippen LogP contribution in [-0.4, -0.2) is 16.3 Å². The van der Waals surface area contributed by atoms with E-state index in [9.17, 15) is 9.18 Å². The van der Waals surface area contributed by atoms with Gasteiger partial charge in [0.25, 0.3) is 0 Å². The van der Waals surface area contributed by atoms with E-state index in [2.05, 4.69) is 0 Å². The van der Waals surface area contributed by atoms with Gasteiger partial charge in [0.2, 0.25) is 0 Å². The molecule has 0 aromatic heterocycles. The van der Waals surface area contributed by atoms with Crippen molar-refractivity contribution < 1.29 is 14.3 Å². The van der Waals surface area contributed by atoms with Crippen LogP contribution in [-0.2, 0) is 4.79 Å². The molecular weight excluding hydrogens is 215 g/mol. The normalized spacial score (nSPS) is 12.8. The van der Waals surface area contributed by atoms with E-state index in [1.54, 1.807) is 12.1 Å². The molecule has 0 radical (unpaired) electrons. The lowest BCUT2D eigenvalue weighted by molar-refractivity contribution is -0.137. The molecule has 1 N–H and O–H groups in total. The van der Waals surface area contributed by atoms with Crippen LogP contribution >= 0.6 is 11.8 Å². The van der Waals surface area contributed by atoms with Crippen molar-refractivity contribution in [3.8, 4) is 0 Å². The lowest BCUT2D eigenvalue weighted by Gasteiger charge is -2.15. The van der Waals surface area contributed by atoms with Gasteiger partial charge in [-0.25, -0.2) is 4.39 Å². The Morgan fingerprint density at radius 2 is 2.13 bits per heavy atom. The number of benzene rings is 1. The molecule has 0 aliphatic carbocycles. The zero-order chi connectivity index (χ0) is 11.4. The van der Waals surface area contributed by atoms with Crippen LogP contribution < -0.4 is 0 Å². The first-order chi connectivity index (χ1) is 7.00. The van der Waals surface area contributed by atoms with Gasteiger partial charge in [0.1, 0.15) is 11.1 Å². The zero-order valence-corrected chi connectivity index (χ0v) is 9.42. The Hall–Kier alpha value is -1.03. The fraction of sp³-hybridized carbons (Fsp3) is 0.364. The Bertz CT molecular complexity index is 352. The highest BCUT2D eigenvalue weighted by atomic mass is 32.2. The number of rotatable bonds is 4. The summed E-state index contributed by atoms with van der Waals surface area (Å²) in [4.78, 5) is 11.6. The predicted molar refractivity (Wildman–Crippen MR) is 58.5 cm³/mol. The van der Waals surface area contributed by atoms with E-state index in [4.69, 9.17) is 5.11 Å². The van der Waals surface area contributed by atoms with E-state index in [1.807, 2.05) is 13.8 Å². The minimum atomic E-state index is -0.862. The summed E-state index contributed by atoms with van der Waals surface area (Å²) < 4.78 is 12.9. The summed E-state index contributed by atoms with van der Waals surface area (Å²) in [5.41, 5.74) is 0. The first kappa shape index (κ1) is 12.0. The minimum Gasteiger partial charge on any atom is -0.480 e. The molecule has 82 valence electrons. The van der Waals surface area contributed by atoms with Gasteiger partial charge in [-0.3, -0.25) is 4.79 Å². The summed E-state index contributed by atoms with van der Waals surface area (Å²) in [6.07, 6.45) is 0. The largest absolute Gasteiger partial charge is 0.480 e. The maximum absolute atomic E-state index is 12.9. The fourth-order valence-corrected chi connectivity index (χ4v) is 2.16. The van der Waals surface area contributed by atoms with Crippen LogP contribution in [0, 0.1) is 11.7 Å². The Labute approximate surface area is 92.5 Å². The molecule has 0 aliphatic heterocycles. The highest BCUT2D eigenvalue weighted by Gasteiger charge is 2.22. The SMILES string of the molecule is CC(C)C(Sc1cccc(F)c1)C(=O)O. The molecule has 0 spiro atoms. The van der Waals surface area contributed by atoms with E-state index in [-0.39, 0.29) is 11.7 Å². The molecular formula is C11H13FO2S. The molecule has 1 unspecified atom stereocenters. The van der Waals surface area contributed by atoms with Crippen molar-refractivity contribution in [2.75, 3.05) is 0 Å². The van der Waals surface area contributed by atoms with Crippen LogP contribution in [0.5, 0.6) is 0 Å². The molecule has 0 amide bonds. The van der Waals surface area contributed by atoms with Crippen molar-refractivity contribution in [2.24, 2.45) is 5.92 Å². The maximum Gasteiger partial charge on any atom is 0.317 e. The second-order valence-electron chi connectivity index (χ2n) is 3.58. The minimum absolute atomic E-state index is 0.00997. The molecule has 0 saturated carbocycles. The molecule has 4 heteroatoms. The molecule has 1 aromatic carbocycles. The van der Waals surface area contributed by atoms with E-state index in [0.717, 1.165) is 0 Å². The van der Waals surface area contributed by atoms with Crippen molar-refractivity contribution in [3.63, 3.8) is 0 Å². The molecule has 0 bridgehead atoms. The lowest BCUT2D eigenvalue weighted by Crippen LogP contribution is -2.22. The summed E-state index contributed by atoms with van der Waals surface area (Å²) >= 11 is 1.18. The molecule has 1 aromatic rings. The van der Waals surface area contributed by atoms with Crippen LogP contribution in [0.15, 0.2) is 29.2 Å². The van der Waals surface area contributed by atoms with Crippen molar-refractivity contribution in [1.29, 1.82) is 0 Å². The summed E-state index contributed by atoms with van der Waals surface area (Å²) in [6, 6.07) is 5.99. The number of hydrogen-bond acceptors (Lipinski definition) is 2. The van der Waals surface area contributed by atoms with E-state index < -0.39 is 11.2 Å². The van der Waals surface area contributed by atoms with E-state index in [0.29, 0.717) is 4.90 Å². The third-order valence-electron chi connectivity index (χ3n) is 1.91. The molecule has 2 nitrogen and oxygen atoms in total. The molecule has 15 heavy (non-hydrogen) atoms. The number of thioether (sulfide) groups is 1. The molecule has 0 saturated heterocycles. The monoisotopic (exact) mass is 228 g/mol. The van der Waals surface area contributed by atoms with Crippen LogP contribution in [0.25, 0.3) is 0 Å². The first-order valence-electron chi connectivity index (χ1n) is 4.65. The van der Waals surface area contributed by atoms with Crippen molar-refractivity contribution in [2.45, 2.75) is 24.0 Å². The van der Waals surface area contributed by atoms with Gasteiger partial charge in [0.15, 0.2) is 0 Å². The van der Waals surface area contributed by atoms with Gasteiger partial charge in [-0.2, -0.15) is 0 Å². The first-order valence-corrected chi connectivity index (χ1v) is 5.53. The number of hydrogen-bond donors (Lipinski definition) is 1. The summed E-state index contributed by atoms with van der Waals surface area (Å²) in [5.74, 6) is -1.19. The number of carboxylic acid groups (broad SMARTS) is 1. The maximum atomic E-state index is 12.9. The van der Waals surface area contributed by atoms with Gasteiger partial charge in [0.05, 0.1) is 0 Å². The highest BCUT2D eigenvalue weighted by molar-refractivity contribution is 8.00. The van der Waals surface area contributed by atoms with Crippen LogP contribution in [0.1, 0.15) is 13.8 Å². The smallest absolute Gasteiger partial charge is 0.317 e. The second kappa shape index (κ2) is 5.16. The van der Waals surface area contributed by atoms with Crippen LogP contribution in [0.4, 0.5) is 4.39 Å². The third-order valence-corrected chi connectivity index (χ3v) is 3.43. The Balaban J connectivity index is 2.79. The molecule has 0 heterocycles. The highest BCUT2D eigenvalue weighted by Crippen LogP contribution is 2.28. The summed E-state index contributed by atoms with van der Waals surface area (Å²) in [6.45, 7) is 3.68. The predicted octanol–water partition coefficient (Wildman–Crippen LogP) is 3.03. The van der Waals surface area contributed by atoms with Crippen molar-refractivity contribution in [1.82, 2.24) is 0 Å². The average Bonchev–Trinajstić information content (AvgIpc) is 2.13. The zero-order valence-electron chi connectivity index (χ0n) is 8.61. The second-order valence-corrected chi connectivity index (χ2v) is 4.79. The van der Waals surface area contributed by atoms with Gasteiger partial charge in [0, 0.05) is 4.90 Å². The van der Waals surface area contributed by atoms with Gasteiger partial charge in [-0.15, -0.1) is 11.8 Å². The number of carbonyl (C=O) groups is 1. The topological polar surface area (TPSA) is 37.3 Å². The molecule has 0 fully saturated rings. The van der Waals surface area contributed by atoms with Gasteiger partial charge < -0.3 is 5.11 Å². The number of aliphatic carboxylic acids is 1. The summed E-state index contributed by atoms with van der Waals surface area (Å²) in [5, 5.41) is 8.42. The van der Waals surface area contributed by atoms with E-state index >= 15 is 0 Å². The Morgan fingerprint density at radius 1 is 1.47 bits per heavy atom. The molecule has 1 rings (SSSR count). The fourth-order valence-electron chi connectivity index (χ4n) is 1.16. The van der Waals surface area contributed by atoms with Gasteiger partial charge in [-0.05, 0) is 24.1 Å². The number of carboxylic acids is 1. The Kier molecular flexibility index (Phi) is 4.15. The van der Waals surface area contributed by atoms with Gasteiger partial charge in [-0.1, -0.05) is 19.9 Å². The van der Waals surface area contributed by atoms with Gasteiger partial charge >= 0.3 is 5.97 Å². The Morgan fingerprint density at radius 3 is 2.60 bits per heavy atom. The quantitative estimate of drug-likeness (QED) is 0.805. The standard InChI is InChI=1S/C11H13FO2S/c1-7(2)10(11(13)14)15-9-5-3-4-8(12)6-9/h3-7,10H,1-2H3,(H,13,14). The third kappa shape index (κ3) is 3.55. The molecule has 0 aliphatic rings. The van der Waals surface area contributed by atoms with Crippen molar-refractivity contribution in [3.05, 3.63) is 30.1 Å². The number of halogens is 1. The average molecular weight is 228 g/mol. The van der Waals surface area contributed by atoms with Crippen LogP contribution in [0.3, 0.4) is 0 Å². The summed E-state index contributed by atoms with van der Waals surface area (Å²) in [7, 11) is 0. The van der Waals surface area contributed by atoms with E-state index in [1.165, 1.54) is 23.9 Å². The lowest BCUT2D eigenvalue weighted by atomic mass is 10.1. The molecule has 1 atom stereocenters. The van der Waals surface area contributed by atoms with Crippen LogP contribution in [0.2, 0.25) is 0 Å².